The number of rotatable bonds is 3. The number of carbonyl (C=O) groups excluding carboxylic acids is 1. The first kappa shape index (κ1) is 14.7. The number of nitrogens with one attached hydrogen (secondary N) is 1. The Kier molecular flexibility index (Phi) is 4.53. The van der Waals surface area contributed by atoms with Crippen molar-refractivity contribution >= 4 is 29.4 Å². The monoisotopic (exact) mass is 298 g/mol. The van der Waals surface area contributed by atoms with Gasteiger partial charge in [-0.2, -0.15) is 16.9 Å². The fraction of sp³-hybridized carbons (Fsp3) is 0.583. The zero-order valence-corrected chi connectivity index (χ0v) is 12.3. The third kappa shape index (κ3) is 3.24. The average Bonchev–Trinajstić information content (AvgIpc) is 2.87. The Labute approximate surface area is 121 Å². The Bertz CT molecular complexity index is 503. The molecule has 0 aromatic carbocycles. The summed E-state index contributed by atoms with van der Waals surface area (Å²) in [5.41, 5.74) is 0.575. The van der Waals surface area contributed by atoms with E-state index in [1.54, 1.807) is 28.8 Å². The van der Waals surface area contributed by atoms with Crippen LogP contribution in [0.5, 0.6) is 0 Å². The Morgan fingerprint density at radius 3 is 2.90 bits per heavy atom. The van der Waals surface area contributed by atoms with Gasteiger partial charge in [-0.05, 0) is 13.8 Å². The highest BCUT2D eigenvalue weighted by atomic mass is 32.2. The number of amides is 2. The van der Waals surface area contributed by atoms with Crippen LogP contribution in [0.25, 0.3) is 0 Å². The molecule has 110 valence electrons. The number of aromatic nitrogens is 2. The van der Waals surface area contributed by atoms with E-state index in [1.807, 2.05) is 13.8 Å². The molecule has 2 amide bonds. The van der Waals surface area contributed by atoms with Gasteiger partial charge < -0.3 is 15.3 Å². The summed E-state index contributed by atoms with van der Waals surface area (Å²) in [6.07, 6.45) is 3.30. The molecule has 1 aromatic rings. The first-order valence-electron chi connectivity index (χ1n) is 6.41. The second-order valence-electron chi connectivity index (χ2n) is 4.86. The molecular formula is C12H18N4O3S. The van der Waals surface area contributed by atoms with Gasteiger partial charge in [-0.1, -0.05) is 0 Å². The molecular weight excluding hydrogens is 280 g/mol. The van der Waals surface area contributed by atoms with Gasteiger partial charge in [0, 0.05) is 30.3 Å². The van der Waals surface area contributed by atoms with Crippen LogP contribution in [-0.4, -0.2) is 55.9 Å². The number of anilines is 1. The van der Waals surface area contributed by atoms with Gasteiger partial charge in [0.05, 0.1) is 11.9 Å². The van der Waals surface area contributed by atoms with Crippen molar-refractivity contribution in [1.29, 1.82) is 0 Å². The van der Waals surface area contributed by atoms with Crippen molar-refractivity contribution in [2.45, 2.75) is 25.9 Å². The lowest BCUT2D eigenvalue weighted by molar-refractivity contribution is -0.141. The summed E-state index contributed by atoms with van der Waals surface area (Å²) in [7, 11) is 0. The predicted molar refractivity (Wildman–Crippen MR) is 77.1 cm³/mol. The normalized spacial score (nSPS) is 19.1. The quantitative estimate of drug-likeness (QED) is 0.883. The molecule has 0 aliphatic carbocycles. The molecule has 1 aromatic heterocycles. The second kappa shape index (κ2) is 6.17. The van der Waals surface area contributed by atoms with Crippen molar-refractivity contribution in [2.75, 3.05) is 23.4 Å². The molecule has 0 radical (unpaired) electrons. The molecule has 2 rings (SSSR count). The maximum absolute atomic E-state index is 12.2. The van der Waals surface area contributed by atoms with Crippen molar-refractivity contribution in [2.24, 2.45) is 0 Å². The van der Waals surface area contributed by atoms with E-state index >= 15 is 0 Å². The summed E-state index contributed by atoms with van der Waals surface area (Å²) in [6.45, 7) is 4.41. The van der Waals surface area contributed by atoms with Gasteiger partial charge in [-0.25, -0.2) is 9.59 Å². The van der Waals surface area contributed by atoms with E-state index in [9.17, 15) is 9.59 Å². The molecule has 1 atom stereocenters. The number of nitrogens with zero attached hydrogens (tertiary/aromatic N) is 3. The van der Waals surface area contributed by atoms with Crippen LogP contribution in [0.2, 0.25) is 0 Å². The topological polar surface area (TPSA) is 87.5 Å². The lowest BCUT2D eigenvalue weighted by Crippen LogP contribution is -2.51. The van der Waals surface area contributed by atoms with Gasteiger partial charge in [-0.3, -0.25) is 4.68 Å². The van der Waals surface area contributed by atoms with E-state index < -0.39 is 12.0 Å². The fourth-order valence-corrected chi connectivity index (χ4v) is 2.97. The lowest BCUT2D eigenvalue weighted by Gasteiger charge is -2.32. The highest BCUT2D eigenvalue weighted by Gasteiger charge is 2.32. The summed E-state index contributed by atoms with van der Waals surface area (Å²) in [4.78, 5) is 24.7. The van der Waals surface area contributed by atoms with E-state index in [0.717, 1.165) is 5.75 Å². The summed E-state index contributed by atoms with van der Waals surface area (Å²) in [6, 6.07) is -0.950. The number of hydrogen-bond donors (Lipinski definition) is 2. The molecule has 1 saturated heterocycles. The van der Waals surface area contributed by atoms with Gasteiger partial charge in [0.2, 0.25) is 0 Å². The molecule has 1 aliphatic rings. The van der Waals surface area contributed by atoms with Gasteiger partial charge >= 0.3 is 12.0 Å². The van der Waals surface area contributed by atoms with Crippen LogP contribution < -0.4 is 5.32 Å². The van der Waals surface area contributed by atoms with Crippen molar-refractivity contribution < 1.29 is 14.7 Å². The number of thioether (sulfide) groups is 1. The van der Waals surface area contributed by atoms with Crippen LogP contribution in [0.4, 0.5) is 10.5 Å². The van der Waals surface area contributed by atoms with Crippen LogP contribution in [-0.2, 0) is 4.79 Å². The van der Waals surface area contributed by atoms with E-state index in [2.05, 4.69) is 10.4 Å². The van der Waals surface area contributed by atoms with Crippen LogP contribution in [0.1, 0.15) is 19.9 Å². The first-order chi connectivity index (χ1) is 9.49. The molecule has 20 heavy (non-hydrogen) atoms. The Hall–Kier alpha value is -1.70. The summed E-state index contributed by atoms with van der Waals surface area (Å²) >= 11 is 1.55. The molecule has 0 saturated carbocycles. The zero-order chi connectivity index (χ0) is 14.7. The minimum Gasteiger partial charge on any atom is -0.480 e. The van der Waals surface area contributed by atoms with Crippen LogP contribution >= 0.6 is 11.8 Å². The van der Waals surface area contributed by atoms with Crippen molar-refractivity contribution in [3.05, 3.63) is 12.4 Å². The van der Waals surface area contributed by atoms with Crippen LogP contribution in [0.15, 0.2) is 12.4 Å². The molecule has 0 bridgehead atoms. The average molecular weight is 298 g/mol. The third-order valence-corrected chi connectivity index (χ3v) is 4.08. The van der Waals surface area contributed by atoms with E-state index in [1.165, 1.54) is 4.90 Å². The molecule has 2 heterocycles. The van der Waals surface area contributed by atoms with Gasteiger partial charge in [0.15, 0.2) is 0 Å². The predicted octanol–water partition coefficient (Wildman–Crippen LogP) is 1.50. The van der Waals surface area contributed by atoms with Crippen molar-refractivity contribution in [1.82, 2.24) is 14.7 Å². The number of carbonyl (C=O) groups is 2. The van der Waals surface area contributed by atoms with Crippen molar-refractivity contribution in [3.8, 4) is 0 Å². The molecule has 2 N–H and O–H groups in total. The second-order valence-corrected chi connectivity index (χ2v) is 6.01. The number of hydrogen-bond acceptors (Lipinski definition) is 4. The first-order valence-corrected chi connectivity index (χ1v) is 7.57. The highest BCUT2D eigenvalue weighted by Crippen LogP contribution is 2.18. The molecule has 1 fully saturated rings. The number of carboxylic acid groups (broad SMARTS) is 1. The summed E-state index contributed by atoms with van der Waals surface area (Å²) < 4.78 is 1.73. The fourth-order valence-electron chi connectivity index (χ4n) is 1.93. The molecule has 0 spiro atoms. The lowest BCUT2D eigenvalue weighted by atomic mass is 10.3. The minimum absolute atomic E-state index is 0.207. The largest absolute Gasteiger partial charge is 0.480 e. The smallest absolute Gasteiger partial charge is 0.327 e. The molecule has 7 nitrogen and oxygen atoms in total. The van der Waals surface area contributed by atoms with Crippen LogP contribution in [0.3, 0.4) is 0 Å². The third-order valence-electron chi connectivity index (χ3n) is 3.06. The van der Waals surface area contributed by atoms with E-state index in [-0.39, 0.29) is 12.1 Å². The molecule has 8 heteroatoms. The standard InChI is InChI=1S/C12H18N4O3S/c1-8(2)16-6-9(5-13-16)14-12(19)15-3-4-20-7-10(15)11(17)18/h5-6,8,10H,3-4,7H2,1-2H3,(H,14,19)(H,17,18). The van der Waals surface area contributed by atoms with E-state index in [0.29, 0.717) is 18.0 Å². The summed E-state index contributed by atoms with van der Waals surface area (Å²) in [5.74, 6) is 0.210. The number of aliphatic carboxylic acids is 1. The van der Waals surface area contributed by atoms with E-state index in [4.69, 9.17) is 5.11 Å². The Balaban J connectivity index is 2.04. The molecule has 1 unspecified atom stereocenters. The van der Waals surface area contributed by atoms with Gasteiger partial charge in [0.25, 0.3) is 0 Å². The van der Waals surface area contributed by atoms with Crippen molar-refractivity contribution in [3.63, 3.8) is 0 Å². The maximum Gasteiger partial charge on any atom is 0.327 e. The zero-order valence-electron chi connectivity index (χ0n) is 11.4. The van der Waals surface area contributed by atoms with Crippen LogP contribution in [0, 0.1) is 0 Å². The van der Waals surface area contributed by atoms with Gasteiger partial charge in [0.1, 0.15) is 6.04 Å². The number of urea groups is 1. The Morgan fingerprint density at radius 2 is 2.30 bits per heavy atom. The minimum atomic E-state index is -0.967. The maximum atomic E-state index is 12.2. The summed E-state index contributed by atoms with van der Waals surface area (Å²) in [5, 5.41) is 16.0. The number of carboxylic acids is 1. The molecule has 1 aliphatic heterocycles. The highest BCUT2D eigenvalue weighted by molar-refractivity contribution is 7.99. The Morgan fingerprint density at radius 1 is 1.55 bits per heavy atom. The van der Waals surface area contributed by atoms with Gasteiger partial charge in [-0.15, -0.1) is 0 Å². The SMILES string of the molecule is CC(C)n1cc(NC(=O)N2CCSCC2C(=O)O)cn1.